The van der Waals surface area contributed by atoms with Crippen molar-refractivity contribution in [2.75, 3.05) is 0 Å². The van der Waals surface area contributed by atoms with Gasteiger partial charge in [0.2, 0.25) is 0 Å². The van der Waals surface area contributed by atoms with Gasteiger partial charge in [-0.1, -0.05) is 24.1 Å². The Morgan fingerprint density at radius 3 is 2.91 bits per heavy atom. The molecule has 0 radical (unpaired) electrons. The van der Waals surface area contributed by atoms with E-state index >= 15 is 0 Å². The normalized spacial score (nSPS) is 20.4. The molecule has 2 N–H and O–H groups in total. The van der Waals surface area contributed by atoms with E-state index in [0.29, 0.717) is 23.4 Å². The van der Waals surface area contributed by atoms with Crippen LogP contribution in [0, 0.1) is 5.92 Å². The second kappa shape index (κ2) is 6.42. The highest BCUT2D eigenvalue weighted by atomic mass is 35.5. The third-order valence-electron chi connectivity index (χ3n) is 4.07. The molecule has 1 heterocycles. The van der Waals surface area contributed by atoms with Crippen molar-refractivity contribution >= 4 is 23.5 Å². The predicted molar refractivity (Wildman–Crippen MR) is 84.8 cm³/mol. The molecule has 6 nitrogen and oxygen atoms in total. The van der Waals surface area contributed by atoms with E-state index in [0.717, 1.165) is 12.1 Å². The molecule has 7 heteroatoms. The number of aliphatic carboxylic acids is 1. The van der Waals surface area contributed by atoms with Gasteiger partial charge in [0.1, 0.15) is 0 Å². The number of carbonyl (C=O) groups excluding carboxylic acids is 1. The number of benzene rings is 1. The number of aromatic nitrogens is 2. The molecule has 2 atom stereocenters. The van der Waals surface area contributed by atoms with Gasteiger partial charge in [-0.05, 0) is 31.0 Å². The number of carboxylic acids is 1. The first-order chi connectivity index (χ1) is 11.0. The number of amides is 1. The van der Waals surface area contributed by atoms with Crippen LogP contribution in [0.4, 0.5) is 0 Å². The minimum absolute atomic E-state index is 0.309. The summed E-state index contributed by atoms with van der Waals surface area (Å²) >= 11 is 5.95. The van der Waals surface area contributed by atoms with Gasteiger partial charge in [0, 0.05) is 17.3 Å². The number of nitrogens with zero attached hydrogens (tertiary/aromatic N) is 2. The maximum Gasteiger partial charge on any atom is 0.308 e. The smallest absolute Gasteiger partial charge is 0.308 e. The van der Waals surface area contributed by atoms with Crippen molar-refractivity contribution in [2.45, 2.75) is 25.3 Å². The van der Waals surface area contributed by atoms with Crippen LogP contribution < -0.4 is 5.32 Å². The summed E-state index contributed by atoms with van der Waals surface area (Å²) in [6, 6.07) is 6.81. The number of carboxylic acid groups (broad SMARTS) is 1. The molecule has 2 aromatic rings. The molecule has 0 bridgehead atoms. The van der Waals surface area contributed by atoms with Crippen LogP contribution in [0.2, 0.25) is 5.02 Å². The summed E-state index contributed by atoms with van der Waals surface area (Å²) in [5.41, 5.74) is 1.14. The zero-order valence-corrected chi connectivity index (χ0v) is 13.0. The Bertz CT molecular complexity index is 744. The monoisotopic (exact) mass is 333 g/mol. The standard InChI is InChI=1S/C16H16ClN3O3/c17-11-3-1-4-12(7-11)20-9-10(8-18-20)15(21)19-14-6-2-5-13(14)16(22)23/h1,3-4,7-9,13-14H,2,5-6H2,(H,19,21)(H,22,23)/t13-,14+/m1/s1. The van der Waals surface area contributed by atoms with E-state index in [4.69, 9.17) is 16.7 Å². The molecule has 1 aliphatic rings. The van der Waals surface area contributed by atoms with Crippen molar-refractivity contribution in [3.05, 3.63) is 47.2 Å². The highest BCUT2D eigenvalue weighted by molar-refractivity contribution is 6.30. The second-order valence-corrected chi connectivity index (χ2v) is 6.05. The van der Waals surface area contributed by atoms with E-state index in [1.54, 1.807) is 29.1 Å². The average molecular weight is 334 g/mol. The Kier molecular flexibility index (Phi) is 4.34. The zero-order valence-electron chi connectivity index (χ0n) is 12.3. The third-order valence-corrected chi connectivity index (χ3v) is 4.30. The molecule has 1 aliphatic carbocycles. The zero-order chi connectivity index (χ0) is 16.4. The van der Waals surface area contributed by atoms with Crippen molar-refractivity contribution in [1.29, 1.82) is 0 Å². The van der Waals surface area contributed by atoms with Crippen LogP contribution in [-0.2, 0) is 4.79 Å². The minimum Gasteiger partial charge on any atom is -0.481 e. The summed E-state index contributed by atoms with van der Waals surface area (Å²) in [4.78, 5) is 23.5. The van der Waals surface area contributed by atoms with Gasteiger partial charge >= 0.3 is 5.97 Å². The van der Waals surface area contributed by atoms with Crippen LogP contribution in [0.15, 0.2) is 36.7 Å². The molecule has 23 heavy (non-hydrogen) atoms. The lowest BCUT2D eigenvalue weighted by atomic mass is 10.0. The van der Waals surface area contributed by atoms with Gasteiger partial charge in [0.25, 0.3) is 5.91 Å². The molecule has 0 unspecified atom stereocenters. The maximum absolute atomic E-state index is 12.3. The molecule has 1 aromatic heterocycles. The van der Waals surface area contributed by atoms with E-state index < -0.39 is 11.9 Å². The van der Waals surface area contributed by atoms with Crippen LogP contribution in [0.25, 0.3) is 5.69 Å². The molecule has 0 aliphatic heterocycles. The van der Waals surface area contributed by atoms with Crippen LogP contribution in [0.1, 0.15) is 29.6 Å². The first-order valence-corrected chi connectivity index (χ1v) is 7.76. The number of hydrogen-bond donors (Lipinski definition) is 2. The lowest BCUT2D eigenvalue weighted by Gasteiger charge is -2.16. The van der Waals surface area contributed by atoms with Crippen molar-refractivity contribution in [3.8, 4) is 5.69 Å². The topological polar surface area (TPSA) is 84.2 Å². The van der Waals surface area contributed by atoms with E-state index in [9.17, 15) is 9.59 Å². The number of nitrogens with one attached hydrogen (secondary N) is 1. The molecular formula is C16H16ClN3O3. The Balaban J connectivity index is 1.73. The second-order valence-electron chi connectivity index (χ2n) is 5.61. The van der Waals surface area contributed by atoms with Crippen molar-refractivity contribution in [3.63, 3.8) is 0 Å². The molecule has 1 aromatic carbocycles. The van der Waals surface area contributed by atoms with Crippen LogP contribution in [-0.4, -0.2) is 32.8 Å². The van der Waals surface area contributed by atoms with E-state index in [-0.39, 0.29) is 11.9 Å². The first-order valence-electron chi connectivity index (χ1n) is 7.39. The molecule has 1 fully saturated rings. The number of rotatable bonds is 4. The van der Waals surface area contributed by atoms with Gasteiger partial charge < -0.3 is 10.4 Å². The predicted octanol–water partition coefficient (Wildman–Crippen LogP) is 2.51. The van der Waals surface area contributed by atoms with Crippen molar-refractivity contribution in [1.82, 2.24) is 15.1 Å². The minimum atomic E-state index is -0.859. The summed E-state index contributed by atoms with van der Waals surface area (Å²) in [6.07, 6.45) is 5.16. The quantitative estimate of drug-likeness (QED) is 0.900. The van der Waals surface area contributed by atoms with E-state index in [2.05, 4.69) is 10.4 Å². The Hall–Kier alpha value is -2.34. The molecule has 0 spiro atoms. The van der Waals surface area contributed by atoms with E-state index in [1.807, 2.05) is 6.07 Å². The van der Waals surface area contributed by atoms with Gasteiger partial charge in [-0.3, -0.25) is 9.59 Å². The van der Waals surface area contributed by atoms with Gasteiger partial charge in [-0.15, -0.1) is 0 Å². The fourth-order valence-electron chi connectivity index (χ4n) is 2.88. The first kappa shape index (κ1) is 15.6. The number of halogens is 1. The fourth-order valence-corrected chi connectivity index (χ4v) is 3.06. The van der Waals surface area contributed by atoms with Crippen molar-refractivity contribution in [2.24, 2.45) is 5.92 Å². The SMILES string of the molecule is O=C(N[C@H]1CCC[C@H]1C(=O)O)c1cnn(-c2cccc(Cl)c2)c1. The summed E-state index contributed by atoms with van der Waals surface area (Å²) in [7, 11) is 0. The summed E-state index contributed by atoms with van der Waals surface area (Å²) in [5, 5.41) is 16.7. The number of hydrogen-bond acceptors (Lipinski definition) is 3. The molecule has 1 amide bonds. The van der Waals surface area contributed by atoms with Gasteiger partial charge in [0.05, 0.1) is 23.4 Å². The van der Waals surface area contributed by atoms with Crippen molar-refractivity contribution < 1.29 is 14.7 Å². The summed E-state index contributed by atoms with van der Waals surface area (Å²) < 4.78 is 1.56. The summed E-state index contributed by atoms with van der Waals surface area (Å²) in [5.74, 6) is -1.68. The molecular weight excluding hydrogens is 318 g/mol. The highest BCUT2D eigenvalue weighted by Gasteiger charge is 2.34. The van der Waals surface area contributed by atoms with E-state index in [1.165, 1.54) is 6.20 Å². The Morgan fingerprint density at radius 2 is 2.17 bits per heavy atom. The molecule has 120 valence electrons. The number of carbonyl (C=O) groups is 2. The van der Waals surface area contributed by atoms with Gasteiger partial charge in [0.15, 0.2) is 0 Å². The molecule has 0 saturated heterocycles. The van der Waals surface area contributed by atoms with Gasteiger partial charge in [-0.2, -0.15) is 5.10 Å². The Labute approximate surface area is 138 Å². The average Bonchev–Trinajstić information content (AvgIpc) is 3.16. The van der Waals surface area contributed by atoms with Gasteiger partial charge in [-0.25, -0.2) is 4.68 Å². The summed E-state index contributed by atoms with van der Waals surface area (Å²) in [6.45, 7) is 0. The van der Waals surface area contributed by atoms with Crippen LogP contribution >= 0.6 is 11.6 Å². The Morgan fingerprint density at radius 1 is 1.35 bits per heavy atom. The highest BCUT2D eigenvalue weighted by Crippen LogP contribution is 2.26. The largest absolute Gasteiger partial charge is 0.481 e. The molecule has 1 saturated carbocycles. The lowest BCUT2D eigenvalue weighted by Crippen LogP contribution is -2.40. The maximum atomic E-state index is 12.3. The fraction of sp³-hybridized carbons (Fsp3) is 0.312. The van der Waals surface area contributed by atoms with Crippen LogP contribution in [0.5, 0.6) is 0 Å². The third kappa shape index (κ3) is 3.37. The van der Waals surface area contributed by atoms with Crippen LogP contribution in [0.3, 0.4) is 0 Å². The molecule has 3 rings (SSSR count). The lowest BCUT2D eigenvalue weighted by molar-refractivity contribution is -0.142.